The zero-order valence-corrected chi connectivity index (χ0v) is 16.6. The summed E-state index contributed by atoms with van der Waals surface area (Å²) < 4.78 is 0. The van der Waals surface area contributed by atoms with Crippen molar-refractivity contribution in [2.45, 2.75) is 19.0 Å². The van der Waals surface area contributed by atoms with Gasteiger partial charge in [-0.2, -0.15) is 5.26 Å². The maximum atomic E-state index is 12.0. The van der Waals surface area contributed by atoms with Crippen LogP contribution in [0.15, 0.2) is 49.2 Å². The first-order valence-electron chi connectivity index (χ1n) is 9.33. The van der Waals surface area contributed by atoms with Gasteiger partial charge in [-0.15, -0.1) is 11.3 Å². The number of nitrogens with zero attached hydrogens (tertiary/aromatic N) is 3. The highest BCUT2D eigenvalue weighted by Gasteiger charge is 2.26. The number of fused-ring (bicyclic) bond motifs is 3. The van der Waals surface area contributed by atoms with Gasteiger partial charge < -0.3 is 15.3 Å². The van der Waals surface area contributed by atoms with Gasteiger partial charge in [0.2, 0.25) is 5.91 Å². The summed E-state index contributed by atoms with van der Waals surface area (Å²) in [5.41, 5.74) is 3.20. The van der Waals surface area contributed by atoms with Crippen LogP contribution in [0.5, 0.6) is 0 Å². The lowest BCUT2D eigenvalue weighted by Gasteiger charge is -2.26. The van der Waals surface area contributed by atoms with Gasteiger partial charge in [0.15, 0.2) is 0 Å². The van der Waals surface area contributed by atoms with E-state index in [-0.39, 0.29) is 18.6 Å². The molecule has 0 saturated heterocycles. The fourth-order valence-corrected chi connectivity index (χ4v) is 4.92. The van der Waals surface area contributed by atoms with Gasteiger partial charge in [-0.05, 0) is 23.6 Å². The maximum absolute atomic E-state index is 12.0. The van der Waals surface area contributed by atoms with Gasteiger partial charge in [0.1, 0.15) is 10.9 Å². The summed E-state index contributed by atoms with van der Waals surface area (Å²) in [4.78, 5) is 20.2. The third-order valence-corrected chi connectivity index (χ3v) is 6.30. The lowest BCUT2D eigenvalue weighted by atomic mass is 10.0. The molecule has 146 valence electrons. The van der Waals surface area contributed by atoms with Crippen LogP contribution in [0, 0.1) is 11.3 Å². The number of rotatable bonds is 5. The molecule has 29 heavy (non-hydrogen) atoms. The van der Waals surface area contributed by atoms with Gasteiger partial charge in [-0.1, -0.05) is 36.9 Å². The Hall–Kier alpha value is -3.21. The quantitative estimate of drug-likeness (QED) is 0.637. The number of nitrogens with one attached hydrogen (secondary N) is 1. The van der Waals surface area contributed by atoms with Crippen LogP contribution in [0.2, 0.25) is 0 Å². The number of thiophene rings is 1. The minimum absolute atomic E-state index is 0.0819. The molecule has 1 aliphatic heterocycles. The van der Waals surface area contributed by atoms with Crippen molar-refractivity contribution in [3.05, 3.63) is 70.8 Å². The number of nitriles is 1. The van der Waals surface area contributed by atoms with Crippen LogP contribution in [0.25, 0.3) is 10.2 Å². The van der Waals surface area contributed by atoms with E-state index < -0.39 is 0 Å². The van der Waals surface area contributed by atoms with E-state index >= 15 is 0 Å². The van der Waals surface area contributed by atoms with E-state index in [1.807, 2.05) is 30.3 Å². The van der Waals surface area contributed by atoms with Crippen LogP contribution in [-0.2, 0) is 17.8 Å². The molecule has 7 heteroatoms. The van der Waals surface area contributed by atoms with E-state index in [0.29, 0.717) is 30.8 Å². The molecule has 0 fully saturated rings. The van der Waals surface area contributed by atoms with Crippen LogP contribution in [0.3, 0.4) is 0 Å². The van der Waals surface area contributed by atoms with Crippen molar-refractivity contribution in [2.75, 3.05) is 18.5 Å². The van der Waals surface area contributed by atoms with E-state index in [1.54, 1.807) is 22.4 Å². The average molecular weight is 404 g/mol. The second-order valence-corrected chi connectivity index (χ2v) is 7.93. The largest absolute Gasteiger partial charge is 0.394 e. The van der Waals surface area contributed by atoms with E-state index in [0.717, 1.165) is 26.2 Å². The first-order chi connectivity index (χ1) is 14.2. The van der Waals surface area contributed by atoms with Gasteiger partial charge >= 0.3 is 0 Å². The van der Waals surface area contributed by atoms with Gasteiger partial charge in [0.05, 0.1) is 30.4 Å². The van der Waals surface area contributed by atoms with E-state index in [1.165, 1.54) is 6.08 Å². The number of benzene rings is 1. The first kappa shape index (κ1) is 19.1. The number of aromatic nitrogens is 1. The SMILES string of the molecule is C=CC(=O)N1CCc2c(sc3ncc(C#N)c(NC(CO)c4ccccc4)c23)C1. The minimum Gasteiger partial charge on any atom is -0.394 e. The van der Waals surface area contributed by atoms with Crippen molar-refractivity contribution < 1.29 is 9.90 Å². The van der Waals surface area contributed by atoms with Gasteiger partial charge in [0, 0.05) is 23.0 Å². The number of hydrogen-bond acceptors (Lipinski definition) is 6. The molecule has 1 aromatic carbocycles. The molecule has 0 spiro atoms. The predicted octanol–water partition coefficient (Wildman–Crippen LogP) is 3.38. The van der Waals surface area contributed by atoms with E-state index in [2.05, 4.69) is 22.9 Å². The summed E-state index contributed by atoms with van der Waals surface area (Å²) in [7, 11) is 0. The van der Waals surface area contributed by atoms with Crippen molar-refractivity contribution in [1.29, 1.82) is 5.26 Å². The molecule has 6 nitrogen and oxygen atoms in total. The van der Waals surface area contributed by atoms with Crippen molar-refractivity contribution in [3.63, 3.8) is 0 Å². The molecule has 0 saturated carbocycles. The highest BCUT2D eigenvalue weighted by Crippen LogP contribution is 2.40. The number of aliphatic hydroxyl groups is 1. The second-order valence-electron chi connectivity index (χ2n) is 6.85. The average Bonchev–Trinajstić information content (AvgIpc) is 3.15. The highest BCUT2D eigenvalue weighted by atomic mass is 32.1. The van der Waals surface area contributed by atoms with Crippen molar-refractivity contribution >= 4 is 33.1 Å². The Labute approximate surface area is 172 Å². The predicted molar refractivity (Wildman–Crippen MR) is 114 cm³/mol. The molecule has 1 amide bonds. The molecular weight excluding hydrogens is 384 g/mol. The number of amides is 1. The molecule has 2 aromatic heterocycles. The first-order valence-corrected chi connectivity index (χ1v) is 10.1. The Bertz CT molecular complexity index is 1120. The Kier molecular flexibility index (Phi) is 5.30. The van der Waals surface area contributed by atoms with E-state index in [4.69, 9.17) is 0 Å². The number of carbonyl (C=O) groups excluding carboxylic acids is 1. The normalized spacial score (nSPS) is 14.1. The van der Waals surface area contributed by atoms with Crippen molar-refractivity contribution in [1.82, 2.24) is 9.88 Å². The monoisotopic (exact) mass is 404 g/mol. The fourth-order valence-electron chi connectivity index (χ4n) is 3.71. The molecule has 2 N–H and O–H groups in total. The molecule has 0 bridgehead atoms. The Morgan fingerprint density at radius 2 is 2.24 bits per heavy atom. The highest BCUT2D eigenvalue weighted by molar-refractivity contribution is 7.19. The lowest BCUT2D eigenvalue weighted by molar-refractivity contribution is -0.126. The molecule has 3 aromatic rings. The smallest absolute Gasteiger partial charge is 0.246 e. The number of aliphatic hydroxyl groups excluding tert-OH is 1. The number of pyridine rings is 1. The van der Waals surface area contributed by atoms with Crippen LogP contribution in [-0.4, -0.2) is 34.0 Å². The molecule has 3 heterocycles. The van der Waals surface area contributed by atoms with E-state index in [9.17, 15) is 15.2 Å². The molecule has 1 aliphatic rings. The van der Waals surface area contributed by atoms with Crippen LogP contribution >= 0.6 is 11.3 Å². The van der Waals surface area contributed by atoms with Crippen molar-refractivity contribution in [3.8, 4) is 6.07 Å². The van der Waals surface area contributed by atoms with Crippen LogP contribution < -0.4 is 5.32 Å². The molecule has 0 radical (unpaired) electrons. The third kappa shape index (κ3) is 3.48. The Balaban J connectivity index is 1.79. The number of anilines is 1. The summed E-state index contributed by atoms with van der Waals surface area (Å²) >= 11 is 1.54. The van der Waals surface area contributed by atoms with Crippen molar-refractivity contribution in [2.24, 2.45) is 0 Å². The number of carbonyl (C=O) groups is 1. The molecule has 1 unspecified atom stereocenters. The lowest BCUT2D eigenvalue weighted by Crippen LogP contribution is -2.34. The van der Waals surface area contributed by atoms with Gasteiger partial charge in [-0.25, -0.2) is 4.98 Å². The summed E-state index contributed by atoms with van der Waals surface area (Å²) in [6, 6.07) is 11.5. The maximum Gasteiger partial charge on any atom is 0.246 e. The van der Waals surface area contributed by atoms with Crippen LogP contribution in [0.1, 0.15) is 27.6 Å². The van der Waals surface area contributed by atoms with Crippen LogP contribution in [0.4, 0.5) is 5.69 Å². The Morgan fingerprint density at radius 3 is 2.93 bits per heavy atom. The molecule has 0 aliphatic carbocycles. The topological polar surface area (TPSA) is 89.2 Å². The molecule has 1 atom stereocenters. The zero-order chi connectivity index (χ0) is 20.4. The second kappa shape index (κ2) is 8.03. The Morgan fingerprint density at radius 1 is 1.45 bits per heavy atom. The minimum atomic E-state index is -0.341. The zero-order valence-electron chi connectivity index (χ0n) is 15.8. The summed E-state index contributed by atoms with van der Waals surface area (Å²) in [5, 5.41) is 24.0. The van der Waals surface area contributed by atoms with Gasteiger partial charge in [0.25, 0.3) is 0 Å². The summed E-state index contributed by atoms with van der Waals surface area (Å²) in [6.45, 7) is 4.59. The summed E-state index contributed by atoms with van der Waals surface area (Å²) in [5.74, 6) is -0.0819. The molecular formula is C22H20N4O2S. The molecule has 4 rings (SSSR count). The van der Waals surface area contributed by atoms with Gasteiger partial charge in [-0.3, -0.25) is 4.79 Å². The standard InChI is InChI=1S/C22H20N4O2S/c1-2-19(28)26-9-8-16-18(12-26)29-22-20(16)21(15(10-23)11-24-22)25-17(13-27)14-6-4-3-5-7-14/h2-7,11,17,27H,1,8-9,12-13H2,(H,24,25). The number of hydrogen-bond donors (Lipinski definition) is 2. The third-order valence-electron chi connectivity index (χ3n) is 5.18. The summed E-state index contributed by atoms with van der Waals surface area (Å²) in [6.07, 6.45) is 3.59. The fraction of sp³-hybridized carbons (Fsp3) is 0.227.